The maximum atomic E-state index is 10.8. The van der Waals surface area contributed by atoms with Gasteiger partial charge in [-0.1, -0.05) is 18.6 Å². The fourth-order valence-corrected chi connectivity index (χ4v) is 4.28. The summed E-state index contributed by atoms with van der Waals surface area (Å²) in [5, 5.41) is 10.8. The van der Waals surface area contributed by atoms with E-state index in [9.17, 15) is 10.1 Å². The van der Waals surface area contributed by atoms with Gasteiger partial charge in [0.25, 0.3) is 5.69 Å². The summed E-state index contributed by atoms with van der Waals surface area (Å²) in [5.41, 5.74) is 7.51. The number of hydrogen-bond acceptors (Lipinski definition) is 3. The summed E-state index contributed by atoms with van der Waals surface area (Å²) >= 11 is 0. The SMILES string of the molecule is NCC1(Cc2cccc([N+](=O)[O-])c2)CC2CCC1C2. The van der Waals surface area contributed by atoms with Gasteiger partial charge in [0.2, 0.25) is 0 Å². The van der Waals surface area contributed by atoms with Gasteiger partial charge in [-0.3, -0.25) is 10.1 Å². The molecule has 0 aliphatic heterocycles. The van der Waals surface area contributed by atoms with Gasteiger partial charge in [-0.2, -0.15) is 0 Å². The van der Waals surface area contributed by atoms with E-state index in [1.807, 2.05) is 6.07 Å². The van der Waals surface area contributed by atoms with Crippen LogP contribution in [0.3, 0.4) is 0 Å². The van der Waals surface area contributed by atoms with Crippen LogP contribution in [0.5, 0.6) is 0 Å². The minimum absolute atomic E-state index is 0.188. The lowest BCUT2D eigenvalue weighted by molar-refractivity contribution is -0.384. The van der Waals surface area contributed by atoms with Crippen molar-refractivity contribution in [1.29, 1.82) is 0 Å². The number of nitrogens with two attached hydrogens (primary N) is 1. The minimum atomic E-state index is -0.320. The highest BCUT2D eigenvalue weighted by Gasteiger charge is 2.49. The second-order valence-corrected chi connectivity index (χ2v) is 6.25. The lowest BCUT2D eigenvalue weighted by Crippen LogP contribution is -2.37. The molecule has 2 aliphatic carbocycles. The lowest BCUT2D eigenvalue weighted by Gasteiger charge is -2.37. The molecule has 4 nitrogen and oxygen atoms in total. The molecule has 1 aromatic carbocycles. The topological polar surface area (TPSA) is 69.2 Å². The molecular formula is C15H20N2O2. The zero-order valence-electron chi connectivity index (χ0n) is 11.0. The maximum Gasteiger partial charge on any atom is 0.269 e. The van der Waals surface area contributed by atoms with E-state index < -0.39 is 0 Å². The summed E-state index contributed by atoms with van der Waals surface area (Å²) in [6.07, 6.45) is 6.05. The summed E-state index contributed by atoms with van der Waals surface area (Å²) in [4.78, 5) is 10.5. The average Bonchev–Trinajstić information content (AvgIpc) is 3.00. The number of benzene rings is 1. The van der Waals surface area contributed by atoms with Crippen LogP contribution in [0.25, 0.3) is 0 Å². The van der Waals surface area contributed by atoms with Gasteiger partial charge in [-0.15, -0.1) is 0 Å². The van der Waals surface area contributed by atoms with Crippen molar-refractivity contribution in [3.63, 3.8) is 0 Å². The Morgan fingerprint density at radius 1 is 1.42 bits per heavy atom. The summed E-state index contributed by atoms with van der Waals surface area (Å²) in [6, 6.07) is 7.05. The molecule has 0 spiro atoms. The highest BCUT2D eigenvalue weighted by molar-refractivity contribution is 5.35. The molecule has 0 radical (unpaired) electrons. The van der Waals surface area contributed by atoms with Crippen molar-refractivity contribution in [1.82, 2.24) is 0 Å². The molecule has 2 saturated carbocycles. The molecule has 3 atom stereocenters. The Morgan fingerprint density at radius 2 is 2.26 bits per heavy atom. The fourth-order valence-electron chi connectivity index (χ4n) is 4.28. The summed E-state index contributed by atoms with van der Waals surface area (Å²) in [5.74, 6) is 1.56. The highest BCUT2D eigenvalue weighted by Crippen LogP contribution is 2.56. The van der Waals surface area contributed by atoms with Crippen LogP contribution in [0.15, 0.2) is 24.3 Å². The van der Waals surface area contributed by atoms with Crippen LogP contribution in [-0.2, 0) is 6.42 Å². The first-order valence-electron chi connectivity index (χ1n) is 7.06. The maximum absolute atomic E-state index is 10.8. The molecule has 0 amide bonds. The van der Waals surface area contributed by atoms with Crippen molar-refractivity contribution >= 4 is 5.69 Å². The molecule has 2 aliphatic rings. The Bertz CT molecular complexity index is 503. The molecule has 19 heavy (non-hydrogen) atoms. The van der Waals surface area contributed by atoms with E-state index in [0.717, 1.165) is 23.8 Å². The van der Waals surface area contributed by atoms with E-state index in [0.29, 0.717) is 6.54 Å². The zero-order chi connectivity index (χ0) is 13.5. The molecule has 4 heteroatoms. The third kappa shape index (κ3) is 2.14. The third-order valence-electron chi connectivity index (χ3n) is 5.19. The van der Waals surface area contributed by atoms with Crippen molar-refractivity contribution in [3.8, 4) is 0 Å². The first-order valence-corrected chi connectivity index (χ1v) is 7.06. The molecule has 102 valence electrons. The van der Waals surface area contributed by atoms with Crippen molar-refractivity contribution in [3.05, 3.63) is 39.9 Å². The molecule has 0 saturated heterocycles. The van der Waals surface area contributed by atoms with E-state index in [1.54, 1.807) is 18.2 Å². The van der Waals surface area contributed by atoms with Gasteiger partial charge in [0.15, 0.2) is 0 Å². The van der Waals surface area contributed by atoms with Gasteiger partial charge >= 0.3 is 0 Å². The normalized spacial score (nSPS) is 32.7. The first kappa shape index (κ1) is 12.6. The molecule has 2 fully saturated rings. The molecule has 3 rings (SSSR count). The minimum Gasteiger partial charge on any atom is -0.330 e. The van der Waals surface area contributed by atoms with Gasteiger partial charge in [-0.05, 0) is 55.0 Å². The van der Waals surface area contributed by atoms with E-state index in [4.69, 9.17) is 5.73 Å². The van der Waals surface area contributed by atoms with Crippen LogP contribution < -0.4 is 5.73 Å². The number of rotatable bonds is 4. The molecular weight excluding hydrogens is 240 g/mol. The van der Waals surface area contributed by atoms with Gasteiger partial charge in [-0.25, -0.2) is 0 Å². The van der Waals surface area contributed by atoms with Gasteiger partial charge in [0.1, 0.15) is 0 Å². The largest absolute Gasteiger partial charge is 0.330 e. The van der Waals surface area contributed by atoms with Crippen LogP contribution >= 0.6 is 0 Å². The fraction of sp³-hybridized carbons (Fsp3) is 0.600. The third-order valence-corrected chi connectivity index (χ3v) is 5.19. The molecule has 2 N–H and O–H groups in total. The Labute approximate surface area is 113 Å². The van der Waals surface area contributed by atoms with Crippen LogP contribution in [0.4, 0.5) is 5.69 Å². The number of nitrogens with zero attached hydrogens (tertiary/aromatic N) is 1. The molecule has 1 aromatic rings. The standard InChI is InChI=1S/C15H20N2O2/c16-10-15(9-12-4-5-13(15)6-12)8-11-2-1-3-14(7-11)17(18)19/h1-3,7,12-13H,4-6,8-10,16H2. The van der Waals surface area contributed by atoms with Crippen molar-refractivity contribution < 1.29 is 4.92 Å². The average molecular weight is 260 g/mol. The van der Waals surface area contributed by atoms with Gasteiger partial charge in [0.05, 0.1) is 4.92 Å². The smallest absolute Gasteiger partial charge is 0.269 e. The number of hydrogen-bond donors (Lipinski definition) is 1. The van der Waals surface area contributed by atoms with E-state index in [-0.39, 0.29) is 16.0 Å². The zero-order valence-corrected chi connectivity index (χ0v) is 11.0. The first-order chi connectivity index (χ1) is 9.13. The predicted molar refractivity (Wildman–Crippen MR) is 73.7 cm³/mol. The van der Waals surface area contributed by atoms with E-state index in [1.165, 1.54) is 25.7 Å². The number of fused-ring (bicyclic) bond motifs is 2. The van der Waals surface area contributed by atoms with Crippen molar-refractivity contribution in [2.24, 2.45) is 23.0 Å². The number of nitro groups is 1. The Morgan fingerprint density at radius 3 is 2.84 bits per heavy atom. The van der Waals surface area contributed by atoms with E-state index >= 15 is 0 Å². The van der Waals surface area contributed by atoms with Crippen molar-refractivity contribution in [2.75, 3.05) is 6.54 Å². The summed E-state index contributed by atoms with van der Waals surface area (Å²) in [6.45, 7) is 0.705. The molecule has 0 heterocycles. The summed E-state index contributed by atoms with van der Waals surface area (Å²) < 4.78 is 0. The lowest BCUT2D eigenvalue weighted by atomic mass is 9.69. The summed E-state index contributed by atoms with van der Waals surface area (Å²) in [7, 11) is 0. The predicted octanol–water partition coefficient (Wildman–Crippen LogP) is 2.90. The van der Waals surface area contributed by atoms with Gasteiger partial charge < -0.3 is 5.73 Å². The quantitative estimate of drug-likeness (QED) is 0.668. The van der Waals surface area contributed by atoms with Crippen LogP contribution in [0.1, 0.15) is 31.2 Å². The molecule has 0 aromatic heterocycles. The second-order valence-electron chi connectivity index (χ2n) is 6.25. The van der Waals surface area contributed by atoms with Crippen LogP contribution in [-0.4, -0.2) is 11.5 Å². The Hall–Kier alpha value is -1.42. The highest BCUT2D eigenvalue weighted by atomic mass is 16.6. The molecule has 3 unspecified atom stereocenters. The van der Waals surface area contributed by atoms with Crippen LogP contribution in [0.2, 0.25) is 0 Å². The van der Waals surface area contributed by atoms with Crippen LogP contribution in [0, 0.1) is 27.4 Å². The second kappa shape index (κ2) is 4.60. The van der Waals surface area contributed by atoms with Gasteiger partial charge in [0, 0.05) is 12.1 Å². The monoisotopic (exact) mass is 260 g/mol. The molecule has 2 bridgehead atoms. The number of nitro benzene ring substituents is 1. The van der Waals surface area contributed by atoms with E-state index in [2.05, 4.69) is 0 Å². The number of non-ortho nitro benzene ring substituents is 1. The Kier molecular flexibility index (Phi) is 3.05. The Balaban J connectivity index is 1.84. The van der Waals surface area contributed by atoms with Crippen molar-refractivity contribution in [2.45, 2.75) is 32.1 Å².